The summed E-state index contributed by atoms with van der Waals surface area (Å²) in [4.78, 5) is 6.56. The van der Waals surface area contributed by atoms with Crippen molar-refractivity contribution in [3.8, 4) is 5.75 Å². The van der Waals surface area contributed by atoms with Crippen molar-refractivity contribution in [2.24, 2.45) is 0 Å². The second kappa shape index (κ2) is 6.36. The van der Waals surface area contributed by atoms with E-state index in [0.717, 1.165) is 6.42 Å². The first-order valence-corrected chi connectivity index (χ1v) is 8.25. The van der Waals surface area contributed by atoms with Gasteiger partial charge in [-0.3, -0.25) is 4.72 Å². The molecule has 2 N–H and O–H groups in total. The van der Waals surface area contributed by atoms with Crippen LogP contribution in [0.1, 0.15) is 19.2 Å². The Morgan fingerprint density at radius 3 is 2.81 bits per heavy atom. The number of aryl methyl sites for hydroxylation is 1. The van der Waals surface area contributed by atoms with Gasteiger partial charge in [0.2, 0.25) is 0 Å². The van der Waals surface area contributed by atoms with Crippen LogP contribution in [-0.4, -0.2) is 25.0 Å². The number of nitrogens with zero attached hydrogens (tertiary/aromatic N) is 1. The van der Waals surface area contributed by atoms with Crippen LogP contribution < -0.4 is 9.46 Å². The number of halogens is 1. The van der Waals surface area contributed by atoms with Gasteiger partial charge in [0, 0.05) is 5.02 Å². The average molecular weight is 330 g/mol. The zero-order valence-electron chi connectivity index (χ0n) is 11.7. The van der Waals surface area contributed by atoms with Crippen LogP contribution in [0.2, 0.25) is 5.02 Å². The van der Waals surface area contributed by atoms with Crippen molar-refractivity contribution in [2.45, 2.75) is 25.3 Å². The number of sulfonamides is 1. The zero-order chi connectivity index (χ0) is 15.5. The lowest BCUT2D eigenvalue weighted by atomic mass is 10.3. The largest absolute Gasteiger partial charge is 0.491 e. The maximum atomic E-state index is 12.3. The van der Waals surface area contributed by atoms with Gasteiger partial charge in [-0.25, -0.2) is 4.98 Å². The number of aromatic nitrogens is 2. The minimum absolute atomic E-state index is 0.0126. The monoisotopic (exact) mass is 329 g/mol. The standard InChI is InChI=1S/C13H16ClN3O3S/c1-3-6-20-12-5-4-10(14)7-11(12)17-21(18,19)13-8-15-9(2)16-13/h4-5,7-8,17H,3,6H2,1-2H3,(H,15,16). The topological polar surface area (TPSA) is 84.1 Å². The molecule has 1 heterocycles. The highest BCUT2D eigenvalue weighted by Crippen LogP contribution is 2.30. The lowest BCUT2D eigenvalue weighted by Crippen LogP contribution is -2.14. The van der Waals surface area contributed by atoms with Crippen molar-refractivity contribution < 1.29 is 13.2 Å². The van der Waals surface area contributed by atoms with Gasteiger partial charge in [-0.1, -0.05) is 18.5 Å². The molecule has 8 heteroatoms. The molecule has 0 bridgehead atoms. The molecule has 21 heavy (non-hydrogen) atoms. The number of nitrogens with one attached hydrogen (secondary N) is 2. The van der Waals surface area contributed by atoms with E-state index in [2.05, 4.69) is 14.7 Å². The molecule has 1 aromatic carbocycles. The molecule has 0 saturated heterocycles. The summed E-state index contributed by atoms with van der Waals surface area (Å²) >= 11 is 5.92. The first-order chi connectivity index (χ1) is 9.92. The van der Waals surface area contributed by atoms with E-state index < -0.39 is 10.0 Å². The SMILES string of the molecule is CCCOc1ccc(Cl)cc1NS(=O)(=O)c1cnc(C)[nH]1. The maximum absolute atomic E-state index is 12.3. The van der Waals surface area contributed by atoms with Crippen LogP contribution in [0.3, 0.4) is 0 Å². The van der Waals surface area contributed by atoms with Crippen molar-refractivity contribution in [2.75, 3.05) is 11.3 Å². The highest BCUT2D eigenvalue weighted by Gasteiger charge is 2.19. The number of imidazole rings is 1. The van der Waals surface area contributed by atoms with Gasteiger partial charge in [-0.05, 0) is 31.5 Å². The molecule has 1 aromatic heterocycles. The summed E-state index contributed by atoms with van der Waals surface area (Å²) in [5, 5.41) is 0.402. The highest BCUT2D eigenvalue weighted by molar-refractivity contribution is 7.92. The fourth-order valence-corrected chi connectivity index (χ4v) is 2.86. The molecule has 0 unspecified atom stereocenters. The number of H-pyrrole nitrogens is 1. The van der Waals surface area contributed by atoms with E-state index >= 15 is 0 Å². The molecule has 0 aliphatic rings. The summed E-state index contributed by atoms with van der Waals surface area (Å²) in [5.74, 6) is 0.949. The van der Waals surface area contributed by atoms with E-state index in [0.29, 0.717) is 28.9 Å². The molecule has 2 rings (SSSR count). The zero-order valence-corrected chi connectivity index (χ0v) is 13.3. The molecule has 114 valence electrons. The smallest absolute Gasteiger partial charge is 0.279 e. The van der Waals surface area contributed by atoms with Crippen LogP contribution in [0.15, 0.2) is 29.4 Å². The van der Waals surface area contributed by atoms with Crippen LogP contribution in [0.5, 0.6) is 5.75 Å². The highest BCUT2D eigenvalue weighted by atomic mass is 35.5. The van der Waals surface area contributed by atoms with Gasteiger partial charge < -0.3 is 9.72 Å². The molecule has 0 spiro atoms. The first-order valence-electron chi connectivity index (χ1n) is 6.39. The molecule has 0 aliphatic carbocycles. The van der Waals surface area contributed by atoms with Gasteiger partial charge in [-0.2, -0.15) is 8.42 Å². The van der Waals surface area contributed by atoms with Gasteiger partial charge in [-0.15, -0.1) is 0 Å². The van der Waals surface area contributed by atoms with Crippen molar-refractivity contribution in [1.82, 2.24) is 9.97 Å². The molecular formula is C13H16ClN3O3S. The third kappa shape index (κ3) is 3.89. The van der Waals surface area contributed by atoms with Crippen molar-refractivity contribution >= 4 is 27.3 Å². The quantitative estimate of drug-likeness (QED) is 0.853. The van der Waals surface area contributed by atoms with Crippen LogP contribution >= 0.6 is 11.6 Å². The number of ether oxygens (including phenoxy) is 1. The number of hydrogen-bond acceptors (Lipinski definition) is 4. The lowest BCUT2D eigenvalue weighted by Gasteiger charge is -2.13. The molecule has 0 aliphatic heterocycles. The Hall–Kier alpha value is -1.73. The summed E-state index contributed by atoms with van der Waals surface area (Å²) in [6.07, 6.45) is 2.07. The van der Waals surface area contributed by atoms with Crippen molar-refractivity contribution in [3.63, 3.8) is 0 Å². The Balaban J connectivity index is 2.31. The minimum atomic E-state index is -3.76. The number of aromatic amines is 1. The Morgan fingerprint density at radius 2 is 2.19 bits per heavy atom. The number of anilines is 1. The van der Waals surface area contributed by atoms with Gasteiger partial charge in [0.05, 0.1) is 18.5 Å². The van der Waals surface area contributed by atoms with Gasteiger partial charge in [0.15, 0.2) is 5.03 Å². The predicted molar refractivity (Wildman–Crippen MR) is 81.4 cm³/mol. The third-order valence-corrected chi connectivity index (χ3v) is 4.13. The van der Waals surface area contributed by atoms with E-state index in [9.17, 15) is 8.42 Å². The Labute approximate surface area is 128 Å². The summed E-state index contributed by atoms with van der Waals surface area (Å²) < 4.78 is 32.5. The fraction of sp³-hybridized carbons (Fsp3) is 0.308. The summed E-state index contributed by atoms with van der Waals surface area (Å²) in [7, 11) is -3.76. The Morgan fingerprint density at radius 1 is 1.43 bits per heavy atom. The lowest BCUT2D eigenvalue weighted by molar-refractivity contribution is 0.319. The van der Waals surface area contributed by atoms with Crippen LogP contribution in [0.25, 0.3) is 0 Å². The third-order valence-electron chi connectivity index (χ3n) is 2.62. The van der Waals surface area contributed by atoms with E-state index in [-0.39, 0.29) is 5.03 Å². The second-order valence-electron chi connectivity index (χ2n) is 4.43. The molecule has 0 amide bonds. The van der Waals surface area contributed by atoms with E-state index in [1.165, 1.54) is 12.3 Å². The van der Waals surface area contributed by atoms with Crippen LogP contribution in [0.4, 0.5) is 5.69 Å². The minimum Gasteiger partial charge on any atom is -0.491 e. The maximum Gasteiger partial charge on any atom is 0.279 e. The van der Waals surface area contributed by atoms with E-state index in [4.69, 9.17) is 16.3 Å². The average Bonchev–Trinajstić information content (AvgIpc) is 2.85. The number of benzene rings is 1. The number of hydrogen-bond donors (Lipinski definition) is 2. The predicted octanol–water partition coefficient (Wildman–Crippen LogP) is 2.96. The fourth-order valence-electron chi connectivity index (χ4n) is 1.65. The van der Waals surface area contributed by atoms with Gasteiger partial charge in [0.1, 0.15) is 11.6 Å². The molecule has 0 atom stereocenters. The van der Waals surface area contributed by atoms with Crippen molar-refractivity contribution in [3.05, 3.63) is 35.2 Å². The van der Waals surface area contributed by atoms with Crippen LogP contribution in [-0.2, 0) is 10.0 Å². The molecule has 6 nitrogen and oxygen atoms in total. The molecule has 2 aromatic rings. The molecule has 0 fully saturated rings. The summed E-state index contributed by atoms with van der Waals surface area (Å²) in [6, 6.07) is 4.78. The normalized spacial score (nSPS) is 11.4. The van der Waals surface area contributed by atoms with E-state index in [1.807, 2.05) is 6.92 Å². The molecular weight excluding hydrogens is 314 g/mol. The second-order valence-corrected chi connectivity index (χ2v) is 6.51. The molecule has 0 saturated carbocycles. The Kier molecular flexibility index (Phi) is 4.74. The van der Waals surface area contributed by atoms with Crippen LogP contribution in [0, 0.1) is 6.92 Å². The Bertz CT molecular complexity index is 728. The summed E-state index contributed by atoms with van der Waals surface area (Å²) in [6.45, 7) is 4.13. The van der Waals surface area contributed by atoms with Gasteiger partial charge in [0.25, 0.3) is 10.0 Å². The number of rotatable bonds is 6. The molecule has 0 radical (unpaired) electrons. The summed E-state index contributed by atoms with van der Waals surface area (Å²) in [5.41, 5.74) is 0.295. The van der Waals surface area contributed by atoms with Crippen molar-refractivity contribution in [1.29, 1.82) is 0 Å². The van der Waals surface area contributed by atoms with E-state index in [1.54, 1.807) is 19.1 Å². The van der Waals surface area contributed by atoms with Gasteiger partial charge >= 0.3 is 0 Å². The first kappa shape index (κ1) is 15.7.